The molecule has 25 heavy (non-hydrogen) atoms. The van der Waals surface area contributed by atoms with Gasteiger partial charge in [-0.2, -0.15) is 0 Å². The van der Waals surface area contributed by atoms with Gasteiger partial charge in [0, 0.05) is 43.9 Å². The summed E-state index contributed by atoms with van der Waals surface area (Å²) >= 11 is 0. The van der Waals surface area contributed by atoms with E-state index in [0.29, 0.717) is 32.0 Å². The number of nitrogens with zero attached hydrogens (tertiary/aromatic N) is 2. The molecule has 1 N–H and O–H groups in total. The van der Waals surface area contributed by atoms with Gasteiger partial charge in [0.05, 0.1) is 5.92 Å². The van der Waals surface area contributed by atoms with E-state index in [4.69, 9.17) is 0 Å². The first-order valence-electron chi connectivity index (χ1n) is 9.71. The Hall–Kier alpha value is -1.91. The van der Waals surface area contributed by atoms with Crippen molar-refractivity contribution in [2.75, 3.05) is 13.1 Å². The molecule has 2 amide bonds. The number of aromatic nitrogens is 1. The second kappa shape index (κ2) is 8.97. The van der Waals surface area contributed by atoms with E-state index in [1.165, 1.54) is 25.7 Å². The van der Waals surface area contributed by atoms with Gasteiger partial charge >= 0.3 is 0 Å². The van der Waals surface area contributed by atoms with E-state index in [1.54, 1.807) is 6.20 Å². The second-order valence-corrected chi connectivity index (χ2v) is 7.29. The Kier molecular flexibility index (Phi) is 6.42. The van der Waals surface area contributed by atoms with E-state index in [1.807, 2.05) is 23.1 Å². The van der Waals surface area contributed by atoms with Gasteiger partial charge in [-0.1, -0.05) is 31.7 Å². The zero-order chi connectivity index (χ0) is 17.5. The molecule has 1 aromatic heterocycles. The molecule has 0 spiro atoms. The molecule has 136 valence electrons. The Bertz CT molecular complexity index is 568. The molecule has 2 aliphatic rings. The second-order valence-electron chi connectivity index (χ2n) is 7.29. The third-order valence-corrected chi connectivity index (χ3v) is 5.49. The van der Waals surface area contributed by atoms with Gasteiger partial charge < -0.3 is 10.2 Å². The van der Waals surface area contributed by atoms with E-state index in [2.05, 4.69) is 10.3 Å². The number of carbonyl (C=O) groups excluding carboxylic acids is 2. The molecule has 1 aliphatic carbocycles. The molecule has 1 saturated heterocycles. The quantitative estimate of drug-likeness (QED) is 0.836. The summed E-state index contributed by atoms with van der Waals surface area (Å²) in [4.78, 5) is 31.2. The maximum atomic E-state index is 12.5. The van der Waals surface area contributed by atoms with Crippen LogP contribution in [0.4, 0.5) is 0 Å². The fourth-order valence-corrected chi connectivity index (χ4v) is 4.01. The summed E-state index contributed by atoms with van der Waals surface area (Å²) in [6.45, 7) is 1.20. The monoisotopic (exact) mass is 343 g/mol. The van der Waals surface area contributed by atoms with Crippen LogP contribution in [0.3, 0.4) is 0 Å². The Balaban J connectivity index is 1.49. The molecule has 1 aromatic rings. The minimum absolute atomic E-state index is 0.0651. The maximum Gasteiger partial charge on any atom is 0.224 e. The fourth-order valence-electron chi connectivity index (χ4n) is 4.01. The van der Waals surface area contributed by atoms with Crippen molar-refractivity contribution >= 4 is 11.8 Å². The topological polar surface area (TPSA) is 62.3 Å². The summed E-state index contributed by atoms with van der Waals surface area (Å²) < 4.78 is 0. The van der Waals surface area contributed by atoms with Gasteiger partial charge in [0.2, 0.25) is 11.8 Å². The van der Waals surface area contributed by atoms with Gasteiger partial charge in [0.15, 0.2) is 0 Å². The highest BCUT2D eigenvalue weighted by Crippen LogP contribution is 2.27. The lowest BCUT2D eigenvalue weighted by atomic mass is 9.93. The summed E-state index contributed by atoms with van der Waals surface area (Å²) in [5, 5.41) is 3.03. The largest absolute Gasteiger partial charge is 0.355 e. The number of hydrogen-bond donors (Lipinski definition) is 1. The lowest BCUT2D eigenvalue weighted by Crippen LogP contribution is -2.50. The lowest BCUT2D eigenvalue weighted by Gasteiger charge is -2.37. The predicted molar refractivity (Wildman–Crippen MR) is 96.9 cm³/mol. The molecule has 2 fully saturated rings. The highest BCUT2D eigenvalue weighted by Gasteiger charge is 2.34. The smallest absolute Gasteiger partial charge is 0.224 e. The first kappa shape index (κ1) is 17.9. The van der Waals surface area contributed by atoms with Crippen molar-refractivity contribution in [1.29, 1.82) is 0 Å². The van der Waals surface area contributed by atoms with Crippen molar-refractivity contribution in [3.05, 3.63) is 30.1 Å². The van der Waals surface area contributed by atoms with Crippen LogP contribution in [0.1, 0.15) is 57.1 Å². The van der Waals surface area contributed by atoms with Crippen molar-refractivity contribution < 1.29 is 9.59 Å². The Morgan fingerprint density at radius 1 is 1.16 bits per heavy atom. The third kappa shape index (κ3) is 5.03. The highest BCUT2D eigenvalue weighted by molar-refractivity contribution is 5.84. The van der Waals surface area contributed by atoms with Gasteiger partial charge in [-0.05, 0) is 31.4 Å². The highest BCUT2D eigenvalue weighted by atomic mass is 16.2. The number of piperidine rings is 1. The van der Waals surface area contributed by atoms with E-state index in [0.717, 1.165) is 25.0 Å². The third-order valence-electron chi connectivity index (χ3n) is 5.49. The number of hydrogen-bond acceptors (Lipinski definition) is 3. The van der Waals surface area contributed by atoms with Crippen LogP contribution in [0.15, 0.2) is 24.4 Å². The van der Waals surface area contributed by atoms with E-state index < -0.39 is 0 Å². The molecule has 1 aliphatic heterocycles. The van der Waals surface area contributed by atoms with Crippen molar-refractivity contribution in [1.82, 2.24) is 15.2 Å². The van der Waals surface area contributed by atoms with Crippen LogP contribution in [0, 0.1) is 5.92 Å². The minimum Gasteiger partial charge on any atom is -0.355 e. The van der Waals surface area contributed by atoms with Crippen LogP contribution in [-0.2, 0) is 16.0 Å². The van der Waals surface area contributed by atoms with Crippen molar-refractivity contribution in [2.24, 2.45) is 5.92 Å². The molecule has 1 saturated carbocycles. The average molecular weight is 343 g/mol. The number of carbonyl (C=O) groups is 2. The van der Waals surface area contributed by atoms with Crippen LogP contribution in [0.5, 0.6) is 0 Å². The zero-order valence-corrected chi connectivity index (χ0v) is 15.0. The zero-order valence-electron chi connectivity index (χ0n) is 15.0. The van der Waals surface area contributed by atoms with Crippen molar-refractivity contribution in [2.45, 2.75) is 63.8 Å². The van der Waals surface area contributed by atoms with Gasteiger partial charge in [-0.25, -0.2) is 0 Å². The first-order valence-corrected chi connectivity index (χ1v) is 9.71. The van der Waals surface area contributed by atoms with Gasteiger partial charge in [0.1, 0.15) is 0 Å². The van der Waals surface area contributed by atoms with Gasteiger partial charge in [-0.15, -0.1) is 0 Å². The number of likely N-dealkylation sites (tertiary alicyclic amines) is 1. The van der Waals surface area contributed by atoms with E-state index >= 15 is 0 Å². The van der Waals surface area contributed by atoms with Crippen molar-refractivity contribution in [3.8, 4) is 0 Å². The molecule has 0 unspecified atom stereocenters. The molecule has 5 nitrogen and oxygen atoms in total. The van der Waals surface area contributed by atoms with E-state index in [9.17, 15) is 9.59 Å². The number of nitrogens with one attached hydrogen (secondary N) is 1. The molecular weight excluding hydrogens is 314 g/mol. The van der Waals surface area contributed by atoms with Crippen LogP contribution in [0.25, 0.3) is 0 Å². The molecular formula is C20H29N3O2. The maximum absolute atomic E-state index is 12.5. The molecule has 2 heterocycles. The Labute approximate surface area is 150 Å². The molecule has 0 aromatic carbocycles. The van der Waals surface area contributed by atoms with E-state index in [-0.39, 0.29) is 17.7 Å². The Morgan fingerprint density at radius 2 is 1.96 bits per heavy atom. The molecule has 3 rings (SSSR count). The number of rotatable bonds is 5. The summed E-state index contributed by atoms with van der Waals surface area (Å²) in [7, 11) is 0. The normalized spacial score (nSPS) is 22.5. The first-order chi connectivity index (χ1) is 12.2. The fraction of sp³-hybridized carbons (Fsp3) is 0.650. The predicted octanol–water partition coefficient (Wildman–Crippen LogP) is 2.70. The Morgan fingerprint density at radius 3 is 2.68 bits per heavy atom. The van der Waals surface area contributed by atoms with Crippen LogP contribution in [0.2, 0.25) is 0 Å². The summed E-state index contributed by atoms with van der Waals surface area (Å²) in [5.41, 5.74) is 0.988. The SMILES string of the molecule is O=C(NCCc1ccccn1)[C@H]1CCC(=O)N(C2CCCCCC2)C1. The average Bonchev–Trinajstić information content (AvgIpc) is 2.92. The molecule has 0 bridgehead atoms. The molecule has 1 atom stereocenters. The summed E-state index contributed by atoms with van der Waals surface area (Å²) in [6.07, 6.45) is 10.8. The molecule has 5 heteroatoms. The van der Waals surface area contributed by atoms with Gasteiger partial charge in [0.25, 0.3) is 0 Å². The van der Waals surface area contributed by atoms with Crippen LogP contribution < -0.4 is 5.32 Å². The minimum atomic E-state index is -0.0651. The lowest BCUT2D eigenvalue weighted by molar-refractivity contribution is -0.141. The van der Waals surface area contributed by atoms with Gasteiger partial charge in [-0.3, -0.25) is 14.6 Å². The number of amides is 2. The number of pyridine rings is 1. The van der Waals surface area contributed by atoms with Crippen LogP contribution >= 0.6 is 0 Å². The molecule has 0 radical (unpaired) electrons. The van der Waals surface area contributed by atoms with Crippen LogP contribution in [-0.4, -0.2) is 40.8 Å². The summed E-state index contributed by atoms with van der Waals surface area (Å²) in [6, 6.07) is 6.17. The summed E-state index contributed by atoms with van der Waals surface area (Å²) in [5.74, 6) is 0.260. The standard InChI is InChI=1S/C20H29N3O2/c24-19-11-10-16(15-23(19)18-8-3-1-2-4-9-18)20(25)22-14-12-17-7-5-6-13-21-17/h5-7,13,16,18H,1-4,8-12,14-15H2,(H,22,25)/t16-/m0/s1. The van der Waals surface area contributed by atoms with Crippen molar-refractivity contribution in [3.63, 3.8) is 0 Å².